The Morgan fingerprint density at radius 1 is 1.27 bits per heavy atom. The van der Waals surface area contributed by atoms with E-state index in [1.165, 1.54) is 12.0 Å². The van der Waals surface area contributed by atoms with Gasteiger partial charge in [-0.15, -0.1) is 0 Å². The summed E-state index contributed by atoms with van der Waals surface area (Å²) in [6.45, 7) is 6.53. The monoisotopic (exact) mass is 307 g/mol. The highest BCUT2D eigenvalue weighted by atomic mass is 19.1. The van der Waals surface area contributed by atoms with Crippen LogP contribution >= 0.6 is 0 Å². The van der Waals surface area contributed by atoms with E-state index in [0.717, 1.165) is 23.6 Å². The number of piperazine rings is 1. The van der Waals surface area contributed by atoms with Crippen molar-refractivity contribution in [2.45, 2.75) is 13.1 Å². The quantitative estimate of drug-likeness (QED) is 0.806. The summed E-state index contributed by atoms with van der Waals surface area (Å²) in [7, 11) is 1.54. The highest BCUT2D eigenvalue weighted by molar-refractivity contribution is 5.90. The number of hydrogen-bond donors (Lipinski definition) is 1. The molecule has 2 aliphatic heterocycles. The number of halogens is 1. The molecule has 1 N–H and O–H groups in total. The minimum Gasteiger partial charge on any atom is -0.467 e. The van der Waals surface area contributed by atoms with Crippen molar-refractivity contribution in [2.24, 2.45) is 0 Å². The summed E-state index contributed by atoms with van der Waals surface area (Å²) in [5, 5.41) is 3.25. The zero-order valence-electron chi connectivity index (χ0n) is 12.4. The third kappa shape index (κ3) is 2.61. The van der Waals surface area contributed by atoms with E-state index in [2.05, 4.69) is 26.8 Å². The normalized spacial score (nSPS) is 17.4. The predicted octanol–water partition coefficient (Wildman–Crippen LogP) is 0.220. The Balaban J connectivity index is 1.78. The number of amides is 1. The standard InChI is InChI=1S/C14H18FN5O2/c1-9(15)13(21)20-5-3-19(4-6-20)12-10-7-16-8-11(10)17-14(18-12)22-2/h16H,1,3-8H2,2H3. The maximum Gasteiger partial charge on any atom is 0.318 e. The van der Waals surface area contributed by atoms with Crippen molar-refractivity contribution < 1.29 is 13.9 Å². The van der Waals surface area contributed by atoms with Crippen LogP contribution in [0.3, 0.4) is 0 Å². The molecule has 2 aliphatic rings. The molecular formula is C14H18FN5O2. The number of methoxy groups -OCH3 is 1. The third-order valence-corrected chi connectivity index (χ3v) is 3.93. The molecule has 3 rings (SSSR count). The fourth-order valence-corrected chi connectivity index (χ4v) is 2.77. The van der Waals surface area contributed by atoms with Crippen LogP contribution < -0.4 is 15.0 Å². The zero-order valence-corrected chi connectivity index (χ0v) is 12.4. The Morgan fingerprint density at radius 3 is 2.64 bits per heavy atom. The van der Waals surface area contributed by atoms with Gasteiger partial charge in [0.2, 0.25) is 0 Å². The molecule has 1 fully saturated rings. The van der Waals surface area contributed by atoms with Crippen LogP contribution in [0.1, 0.15) is 11.3 Å². The van der Waals surface area contributed by atoms with Gasteiger partial charge in [0.15, 0.2) is 5.83 Å². The van der Waals surface area contributed by atoms with E-state index in [-0.39, 0.29) is 0 Å². The number of carbonyl (C=O) groups excluding carboxylic acids is 1. The second-order valence-electron chi connectivity index (χ2n) is 5.25. The van der Waals surface area contributed by atoms with Crippen molar-refractivity contribution in [3.63, 3.8) is 0 Å². The van der Waals surface area contributed by atoms with Crippen molar-refractivity contribution >= 4 is 11.7 Å². The highest BCUT2D eigenvalue weighted by Crippen LogP contribution is 2.27. The van der Waals surface area contributed by atoms with Crippen LogP contribution in [-0.4, -0.2) is 54.1 Å². The first-order valence-electron chi connectivity index (χ1n) is 7.13. The summed E-state index contributed by atoms with van der Waals surface area (Å²) in [5.41, 5.74) is 2.01. The SMILES string of the molecule is C=C(F)C(=O)N1CCN(c2nc(OC)nc3c2CNC3)CC1. The molecular weight excluding hydrogens is 289 g/mol. The van der Waals surface area contributed by atoms with Crippen molar-refractivity contribution in [2.75, 3.05) is 38.2 Å². The number of aromatic nitrogens is 2. The number of anilines is 1. The predicted molar refractivity (Wildman–Crippen MR) is 78.2 cm³/mol. The molecule has 1 saturated heterocycles. The molecule has 0 aromatic carbocycles. The molecule has 118 valence electrons. The Morgan fingerprint density at radius 2 is 2.00 bits per heavy atom. The van der Waals surface area contributed by atoms with Crippen molar-refractivity contribution in [3.8, 4) is 6.01 Å². The van der Waals surface area contributed by atoms with Gasteiger partial charge in [0.25, 0.3) is 5.91 Å². The van der Waals surface area contributed by atoms with E-state index in [1.807, 2.05) is 0 Å². The Kier molecular flexibility index (Phi) is 3.93. The maximum absolute atomic E-state index is 12.9. The summed E-state index contributed by atoms with van der Waals surface area (Å²) in [4.78, 5) is 24.0. The first-order valence-corrected chi connectivity index (χ1v) is 7.13. The van der Waals surface area contributed by atoms with Crippen LogP contribution in [0.25, 0.3) is 0 Å². The van der Waals surface area contributed by atoms with Crippen LogP contribution in [0, 0.1) is 0 Å². The van der Waals surface area contributed by atoms with Gasteiger partial charge >= 0.3 is 6.01 Å². The molecule has 0 radical (unpaired) electrons. The van der Waals surface area contributed by atoms with Crippen LogP contribution in [0.4, 0.5) is 10.2 Å². The molecule has 1 aromatic rings. The van der Waals surface area contributed by atoms with E-state index in [1.54, 1.807) is 0 Å². The third-order valence-electron chi connectivity index (χ3n) is 3.93. The lowest BCUT2D eigenvalue weighted by molar-refractivity contribution is -0.128. The number of rotatable bonds is 3. The van der Waals surface area contributed by atoms with E-state index in [0.29, 0.717) is 38.7 Å². The molecule has 0 spiro atoms. The lowest BCUT2D eigenvalue weighted by Gasteiger charge is -2.35. The Labute approximate surface area is 127 Å². The van der Waals surface area contributed by atoms with Crippen LogP contribution in [0.5, 0.6) is 6.01 Å². The van der Waals surface area contributed by atoms with Crippen LogP contribution in [-0.2, 0) is 17.9 Å². The molecule has 1 amide bonds. The summed E-state index contributed by atoms with van der Waals surface area (Å²) in [6.07, 6.45) is 0. The number of nitrogens with zero attached hydrogens (tertiary/aromatic N) is 4. The molecule has 7 nitrogen and oxygen atoms in total. The van der Waals surface area contributed by atoms with E-state index in [4.69, 9.17) is 4.74 Å². The summed E-state index contributed by atoms with van der Waals surface area (Å²) in [6, 6.07) is 0.341. The van der Waals surface area contributed by atoms with E-state index >= 15 is 0 Å². The lowest BCUT2D eigenvalue weighted by Crippen LogP contribution is -2.49. The molecule has 0 unspecified atom stereocenters. The average Bonchev–Trinajstić information content (AvgIpc) is 3.01. The summed E-state index contributed by atoms with van der Waals surface area (Å²) >= 11 is 0. The molecule has 1 aromatic heterocycles. The van der Waals surface area contributed by atoms with Crippen LogP contribution in [0.15, 0.2) is 12.4 Å². The largest absolute Gasteiger partial charge is 0.467 e. The number of fused-ring (bicyclic) bond motifs is 1. The smallest absolute Gasteiger partial charge is 0.318 e. The van der Waals surface area contributed by atoms with Gasteiger partial charge in [-0.2, -0.15) is 9.97 Å². The second kappa shape index (κ2) is 5.88. The summed E-state index contributed by atoms with van der Waals surface area (Å²) < 4.78 is 18.1. The van der Waals surface area contributed by atoms with Gasteiger partial charge in [0.1, 0.15) is 5.82 Å². The van der Waals surface area contributed by atoms with Crippen molar-refractivity contribution in [1.29, 1.82) is 0 Å². The number of carbonyl (C=O) groups is 1. The number of ether oxygens (including phenoxy) is 1. The fourth-order valence-electron chi connectivity index (χ4n) is 2.77. The molecule has 0 saturated carbocycles. The van der Waals surface area contributed by atoms with E-state index < -0.39 is 11.7 Å². The molecule has 0 atom stereocenters. The Bertz CT molecular complexity index is 613. The van der Waals surface area contributed by atoms with Crippen molar-refractivity contribution in [1.82, 2.24) is 20.2 Å². The fraction of sp³-hybridized carbons (Fsp3) is 0.500. The van der Waals surface area contributed by atoms with Crippen LogP contribution in [0.2, 0.25) is 0 Å². The molecule has 8 heteroatoms. The molecule has 0 bridgehead atoms. The number of hydrogen-bond acceptors (Lipinski definition) is 6. The lowest BCUT2D eigenvalue weighted by atomic mass is 10.2. The minimum atomic E-state index is -0.915. The zero-order chi connectivity index (χ0) is 15.7. The second-order valence-corrected chi connectivity index (χ2v) is 5.25. The van der Waals surface area contributed by atoms with Gasteiger partial charge in [-0.05, 0) is 0 Å². The first-order chi connectivity index (χ1) is 10.6. The highest BCUT2D eigenvalue weighted by Gasteiger charge is 2.28. The Hall–Kier alpha value is -2.22. The van der Waals surface area contributed by atoms with Gasteiger partial charge < -0.3 is 19.9 Å². The topological polar surface area (TPSA) is 70.6 Å². The van der Waals surface area contributed by atoms with Gasteiger partial charge in [-0.25, -0.2) is 4.39 Å². The van der Waals surface area contributed by atoms with E-state index in [9.17, 15) is 9.18 Å². The number of nitrogens with one attached hydrogen (secondary N) is 1. The summed E-state index contributed by atoms with van der Waals surface area (Å²) in [5.74, 6) is -0.716. The molecule has 3 heterocycles. The van der Waals surface area contributed by atoms with Crippen molar-refractivity contribution in [3.05, 3.63) is 23.7 Å². The maximum atomic E-state index is 12.9. The first kappa shape index (κ1) is 14.7. The van der Waals surface area contributed by atoms with Gasteiger partial charge in [0, 0.05) is 44.8 Å². The van der Waals surface area contributed by atoms with Gasteiger partial charge in [-0.3, -0.25) is 4.79 Å². The van der Waals surface area contributed by atoms with Gasteiger partial charge in [0.05, 0.1) is 12.8 Å². The minimum absolute atomic E-state index is 0.341. The average molecular weight is 307 g/mol. The molecule has 22 heavy (non-hydrogen) atoms. The van der Waals surface area contributed by atoms with Gasteiger partial charge in [-0.1, -0.05) is 6.58 Å². The molecule has 0 aliphatic carbocycles.